The molecule has 0 atom stereocenters. The van der Waals surface area contributed by atoms with Crippen LogP contribution in [-0.4, -0.2) is 11.8 Å². The van der Waals surface area contributed by atoms with E-state index in [0.29, 0.717) is 21.5 Å². The van der Waals surface area contributed by atoms with Crippen molar-refractivity contribution in [3.05, 3.63) is 98.5 Å². The lowest BCUT2D eigenvalue weighted by Crippen LogP contribution is -2.32. The van der Waals surface area contributed by atoms with Crippen molar-refractivity contribution in [2.45, 2.75) is 31.6 Å². The number of hydrogen-bond donors (Lipinski definition) is 1. The molecule has 3 aromatic rings. The molecule has 0 radical (unpaired) electrons. The van der Waals surface area contributed by atoms with Crippen molar-refractivity contribution in [3.8, 4) is 0 Å². The van der Waals surface area contributed by atoms with Gasteiger partial charge >= 0.3 is 0 Å². The van der Waals surface area contributed by atoms with Gasteiger partial charge in [0.05, 0.1) is 15.7 Å². The monoisotopic (exact) mass is 496 g/mol. The number of amides is 2. The minimum absolute atomic E-state index is 0.231. The van der Waals surface area contributed by atoms with Crippen LogP contribution in [0.1, 0.15) is 30.9 Å². The maximum Gasteiger partial charge on any atom is 0.283 e. The lowest BCUT2D eigenvalue weighted by molar-refractivity contribution is -0.120. The number of halogens is 2. The number of hydrogen-bond acceptors (Lipinski definition) is 4. The number of carbonyl (C=O) groups is 2. The molecular formula is C26H22Cl2N2O2S. The number of carbonyl (C=O) groups excluding carboxylic acids is 2. The average molecular weight is 497 g/mol. The van der Waals surface area contributed by atoms with Crippen LogP contribution >= 0.6 is 35.0 Å². The molecule has 1 aliphatic heterocycles. The van der Waals surface area contributed by atoms with Gasteiger partial charge in [-0.1, -0.05) is 78.6 Å². The molecule has 7 heteroatoms. The van der Waals surface area contributed by atoms with Gasteiger partial charge in [-0.05, 0) is 60.9 Å². The highest BCUT2D eigenvalue weighted by Gasteiger charge is 2.40. The summed E-state index contributed by atoms with van der Waals surface area (Å²) in [6.07, 6.45) is 0. The molecule has 4 rings (SSSR count). The molecule has 0 aliphatic carbocycles. The van der Waals surface area contributed by atoms with Gasteiger partial charge in [0.25, 0.3) is 11.8 Å². The fourth-order valence-corrected chi connectivity index (χ4v) is 4.61. The first-order chi connectivity index (χ1) is 15.7. The lowest BCUT2D eigenvalue weighted by Gasteiger charge is -2.16. The summed E-state index contributed by atoms with van der Waals surface area (Å²) >= 11 is 13.5. The predicted molar refractivity (Wildman–Crippen MR) is 137 cm³/mol. The SMILES string of the molecule is Cc1ccc(SC2=C(Nc3ccc(C(C)C)cc3)C(=O)N(c3ccc(Cl)c(Cl)c3)C2=O)cc1. The Bertz CT molecular complexity index is 1250. The van der Waals surface area contributed by atoms with Crippen molar-refractivity contribution >= 4 is 58.2 Å². The summed E-state index contributed by atoms with van der Waals surface area (Å²) in [4.78, 5) is 29.2. The molecule has 3 aromatic carbocycles. The molecule has 0 aromatic heterocycles. The zero-order valence-electron chi connectivity index (χ0n) is 18.4. The summed E-state index contributed by atoms with van der Waals surface area (Å²) in [5, 5.41) is 3.81. The maximum absolute atomic E-state index is 13.4. The summed E-state index contributed by atoms with van der Waals surface area (Å²) in [6.45, 7) is 6.24. The van der Waals surface area contributed by atoms with Crippen molar-refractivity contribution in [1.29, 1.82) is 0 Å². The second-order valence-electron chi connectivity index (χ2n) is 8.07. The second-order valence-corrected chi connectivity index (χ2v) is 9.96. The van der Waals surface area contributed by atoms with Gasteiger partial charge in [0, 0.05) is 10.6 Å². The summed E-state index contributed by atoms with van der Waals surface area (Å²) in [5.41, 5.74) is 3.63. The van der Waals surface area contributed by atoms with Gasteiger partial charge in [-0.25, -0.2) is 4.90 Å². The molecule has 1 aliphatic rings. The van der Waals surface area contributed by atoms with Gasteiger partial charge in [0.1, 0.15) is 10.6 Å². The zero-order chi connectivity index (χ0) is 23.7. The van der Waals surface area contributed by atoms with Crippen LogP contribution in [0, 0.1) is 6.92 Å². The molecule has 1 N–H and O–H groups in total. The van der Waals surface area contributed by atoms with E-state index in [1.807, 2.05) is 55.5 Å². The second kappa shape index (κ2) is 9.64. The van der Waals surface area contributed by atoms with Crippen LogP contribution in [0.3, 0.4) is 0 Å². The number of benzene rings is 3. The minimum atomic E-state index is -0.444. The van der Waals surface area contributed by atoms with Crippen LogP contribution in [0.4, 0.5) is 11.4 Å². The van der Waals surface area contributed by atoms with E-state index in [4.69, 9.17) is 23.2 Å². The molecule has 0 bridgehead atoms. The normalized spacial score (nSPS) is 13.9. The first-order valence-corrected chi connectivity index (χ1v) is 12.0. The van der Waals surface area contributed by atoms with Gasteiger partial charge in [-0.2, -0.15) is 0 Å². The first-order valence-electron chi connectivity index (χ1n) is 10.4. The fourth-order valence-electron chi connectivity index (χ4n) is 3.39. The molecule has 2 amide bonds. The Hall–Kier alpha value is -2.73. The van der Waals surface area contributed by atoms with Crippen molar-refractivity contribution in [2.75, 3.05) is 10.2 Å². The first kappa shape index (κ1) is 23.4. The van der Waals surface area contributed by atoms with E-state index in [9.17, 15) is 9.59 Å². The molecule has 33 heavy (non-hydrogen) atoms. The number of aryl methyl sites for hydroxylation is 1. The van der Waals surface area contributed by atoms with Crippen LogP contribution in [-0.2, 0) is 9.59 Å². The van der Waals surface area contributed by atoms with Crippen LogP contribution in [0.25, 0.3) is 0 Å². The minimum Gasteiger partial charge on any atom is -0.350 e. The van der Waals surface area contributed by atoms with E-state index in [1.54, 1.807) is 12.1 Å². The predicted octanol–water partition coefficient (Wildman–Crippen LogP) is 7.41. The number of nitrogens with zero attached hydrogens (tertiary/aromatic N) is 1. The number of rotatable bonds is 6. The number of thioether (sulfide) groups is 1. The van der Waals surface area contributed by atoms with Crippen LogP contribution in [0.15, 0.2) is 82.2 Å². The standard InChI is InChI=1S/C26H22Cl2N2O2S/c1-15(2)17-6-8-18(9-7-17)29-23-24(33-20-11-4-16(3)5-12-20)26(32)30(25(23)31)19-10-13-21(27)22(28)14-19/h4-15,29H,1-3H3. The van der Waals surface area contributed by atoms with Crippen molar-refractivity contribution in [3.63, 3.8) is 0 Å². The molecule has 0 saturated carbocycles. The average Bonchev–Trinajstić information content (AvgIpc) is 3.01. The molecule has 0 spiro atoms. The Labute approximate surface area is 207 Å². The summed E-state index contributed by atoms with van der Waals surface area (Å²) in [6, 6.07) is 20.4. The molecule has 1 heterocycles. The van der Waals surface area contributed by atoms with Crippen LogP contribution < -0.4 is 10.2 Å². The highest BCUT2D eigenvalue weighted by atomic mass is 35.5. The quantitative estimate of drug-likeness (QED) is 0.360. The third-order valence-corrected chi connectivity index (χ3v) is 7.12. The Morgan fingerprint density at radius 1 is 0.848 bits per heavy atom. The smallest absolute Gasteiger partial charge is 0.283 e. The highest BCUT2D eigenvalue weighted by Crippen LogP contribution is 2.39. The highest BCUT2D eigenvalue weighted by molar-refractivity contribution is 8.04. The number of anilines is 2. The van der Waals surface area contributed by atoms with E-state index < -0.39 is 11.8 Å². The fraction of sp³-hybridized carbons (Fsp3) is 0.154. The third kappa shape index (κ3) is 4.96. The van der Waals surface area contributed by atoms with Gasteiger partial charge in [0.15, 0.2) is 0 Å². The molecule has 0 saturated heterocycles. The Kier molecular flexibility index (Phi) is 6.84. The van der Waals surface area contributed by atoms with E-state index >= 15 is 0 Å². The lowest BCUT2D eigenvalue weighted by atomic mass is 10.0. The Balaban J connectivity index is 1.72. The molecule has 0 unspecified atom stereocenters. The van der Waals surface area contributed by atoms with E-state index in [2.05, 4.69) is 19.2 Å². The summed E-state index contributed by atoms with van der Waals surface area (Å²) in [5.74, 6) is -0.461. The van der Waals surface area contributed by atoms with Gasteiger partial charge in [0.2, 0.25) is 0 Å². The van der Waals surface area contributed by atoms with Crippen molar-refractivity contribution < 1.29 is 9.59 Å². The third-order valence-electron chi connectivity index (χ3n) is 5.29. The summed E-state index contributed by atoms with van der Waals surface area (Å²) < 4.78 is 0. The Morgan fingerprint density at radius 3 is 2.12 bits per heavy atom. The van der Waals surface area contributed by atoms with Crippen molar-refractivity contribution in [2.24, 2.45) is 0 Å². The van der Waals surface area contributed by atoms with E-state index in [-0.39, 0.29) is 10.7 Å². The number of imide groups is 1. The van der Waals surface area contributed by atoms with E-state index in [0.717, 1.165) is 21.0 Å². The topological polar surface area (TPSA) is 49.4 Å². The van der Waals surface area contributed by atoms with Crippen LogP contribution in [0.2, 0.25) is 10.0 Å². The van der Waals surface area contributed by atoms with Gasteiger partial charge in [-0.15, -0.1) is 0 Å². The molecule has 4 nitrogen and oxygen atoms in total. The maximum atomic E-state index is 13.4. The molecule has 0 fully saturated rings. The molecule has 168 valence electrons. The largest absolute Gasteiger partial charge is 0.350 e. The van der Waals surface area contributed by atoms with Crippen LogP contribution in [0.5, 0.6) is 0 Å². The van der Waals surface area contributed by atoms with Gasteiger partial charge < -0.3 is 5.32 Å². The number of nitrogens with one attached hydrogen (secondary N) is 1. The summed E-state index contributed by atoms with van der Waals surface area (Å²) in [7, 11) is 0. The van der Waals surface area contributed by atoms with E-state index in [1.165, 1.54) is 23.4 Å². The van der Waals surface area contributed by atoms with Crippen molar-refractivity contribution in [1.82, 2.24) is 0 Å². The van der Waals surface area contributed by atoms with Gasteiger partial charge in [-0.3, -0.25) is 9.59 Å². The molecular weight excluding hydrogens is 475 g/mol. The Morgan fingerprint density at radius 2 is 1.52 bits per heavy atom. The zero-order valence-corrected chi connectivity index (χ0v) is 20.7.